The fourth-order valence-corrected chi connectivity index (χ4v) is 2.59. The lowest BCUT2D eigenvalue weighted by Gasteiger charge is -2.28. The second kappa shape index (κ2) is 4.65. The highest BCUT2D eigenvalue weighted by atomic mass is 15.3. The van der Waals surface area contributed by atoms with Gasteiger partial charge >= 0.3 is 0 Å². The highest BCUT2D eigenvalue weighted by Gasteiger charge is 2.22. The maximum absolute atomic E-state index is 4.41. The summed E-state index contributed by atoms with van der Waals surface area (Å²) in [5.41, 5.74) is 1.23. The van der Waals surface area contributed by atoms with E-state index in [1.807, 2.05) is 6.20 Å². The molecule has 0 aliphatic heterocycles. The smallest absolute Gasteiger partial charge is 0.0724 e. The predicted molar refractivity (Wildman–Crippen MR) is 62.8 cm³/mol. The van der Waals surface area contributed by atoms with Crippen LogP contribution in [0, 0.1) is 12.8 Å². The van der Waals surface area contributed by atoms with E-state index in [9.17, 15) is 0 Å². The zero-order valence-corrected chi connectivity index (χ0v) is 9.52. The molecular formula is C13H20N2. The third kappa shape index (κ3) is 2.31. The number of aromatic nitrogens is 2. The van der Waals surface area contributed by atoms with Crippen molar-refractivity contribution in [2.75, 3.05) is 0 Å². The number of aryl methyl sites for hydroxylation is 1. The highest BCUT2D eigenvalue weighted by molar-refractivity contribution is 5.03. The van der Waals surface area contributed by atoms with Crippen LogP contribution in [0.5, 0.6) is 0 Å². The lowest BCUT2D eigenvalue weighted by atomic mass is 9.84. The first kappa shape index (κ1) is 10.5. The molecular weight excluding hydrogens is 184 g/mol. The van der Waals surface area contributed by atoms with Crippen LogP contribution in [-0.2, 0) is 0 Å². The SMILES string of the molecule is C=CC(C1CCCCC1)n1cc(C)cn1. The van der Waals surface area contributed by atoms with E-state index in [1.165, 1.54) is 37.7 Å². The molecule has 1 atom stereocenters. The molecule has 0 spiro atoms. The minimum absolute atomic E-state index is 0.402. The Hall–Kier alpha value is -1.05. The lowest BCUT2D eigenvalue weighted by Crippen LogP contribution is -2.20. The van der Waals surface area contributed by atoms with Crippen LogP contribution in [0.15, 0.2) is 25.0 Å². The Morgan fingerprint density at radius 1 is 1.47 bits per heavy atom. The van der Waals surface area contributed by atoms with Crippen molar-refractivity contribution in [3.63, 3.8) is 0 Å². The molecule has 1 heterocycles. The summed E-state index contributed by atoms with van der Waals surface area (Å²) in [6.07, 6.45) is 12.9. The average molecular weight is 204 g/mol. The van der Waals surface area contributed by atoms with Gasteiger partial charge in [0.25, 0.3) is 0 Å². The zero-order valence-electron chi connectivity index (χ0n) is 9.52. The van der Waals surface area contributed by atoms with E-state index in [1.54, 1.807) is 0 Å². The molecule has 0 N–H and O–H groups in total. The van der Waals surface area contributed by atoms with Gasteiger partial charge in [-0.2, -0.15) is 5.10 Å². The summed E-state index contributed by atoms with van der Waals surface area (Å²) < 4.78 is 2.08. The molecule has 82 valence electrons. The van der Waals surface area contributed by atoms with Gasteiger partial charge in [-0.3, -0.25) is 4.68 Å². The maximum atomic E-state index is 4.41. The monoisotopic (exact) mass is 204 g/mol. The Morgan fingerprint density at radius 2 is 2.20 bits per heavy atom. The molecule has 1 aliphatic rings. The fourth-order valence-electron chi connectivity index (χ4n) is 2.59. The molecule has 1 aromatic heterocycles. The summed E-state index contributed by atoms with van der Waals surface area (Å²) >= 11 is 0. The summed E-state index contributed by atoms with van der Waals surface area (Å²) in [5.74, 6) is 0.746. The average Bonchev–Trinajstić information content (AvgIpc) is 2.68. The van der Waals surface area contributed by atoms with Gasteiger partial charge in [-0.1, -0.05) is 25.3 Å². The van der Waals surface area contributed by atoms with Gasteiger partial charge in [-0.15, -0.1) is 6.58 Å². The molecule has 1 aromatic rings. The predicted octanol–water partition coefficient (Wildman–Crippen LogP) is 3.50. The van der Waals surface area contributed by atoms with E-state index in [0.29, 0.717) is 6.04 Å². The first-order chi connectivity index (χ1) is 7.31. The molecule has 15 heavy (non-hydrogen) atoms. The van der Waals surface area contributed by atoms with Crippen molar-refractivity contribution >= 4 is 0 Å². The Kier molecular flexibility index (Phi) is 3.24. The molecule has 1 unspecified atom stereocenters. The van der Waals surface area contributed by atoms with Crippen molar-refractivity contribution in [2.45, 2.75) is 45.1 Å². The second-order valence-corrected chi connectivity index (χ2v) is 4.62. The molecule has 2 rings (SSSR count). The largest absolute Gasteiger partial charge is 0.265 e. The standard InChI is InChI=1S/C13H20N2/c1-3-13(12-7-5-4-6-8-12)15-10-11(2)9-14-15/h3,9-10,12-13H,1,4-8H2,2H3. The van der Waals surface area contributed by atoms with Crippen molar-refractivity contribution < 1.29 is 0 Å². The van der Waals surface area contributed by atoms with Crippen molar-refractivity contribution in [1.29, 1.82) is 0 Å². The van der Waals surface area contributed by atoms with Crippen molar-refractivity contribution in [1.82, 2.24) is 9.78 Å². The highest BCUT2D eigenvalue weighted by Crippen LogP contribution is 2.33. The molecule has 0 radical (unpaired) electrons. The van der Waals surface area contributed by atoms with Gasteiger partial charge < -0.3 is 0 Å². The van der Waals surface area contributed by atoms with Crippen molar-refractivity contribution in [3.8, 4) is 0 Å². The number of rotatable bonds is 3. The molecule has 1 aliphatic carbocycles. The van der Waals surface area contributed by atoms with Gasteiger partial charge in [-0.05, 0) is 31.2 Å². The minimum atomic E-state index is 0.402. The third-order valence-corrected chi connectivity index (χ3v) is 3.41. The van der Waals surface area contributed by atoms with Crippen LogP contribution in [0.3, 0.4) is 0 Å². The van der Waals surface area contributed by atoms with E-state index in [4.69, 9.17) is 0 Å². The van der Waals surface area contributed by atoms with Crippen LogP contribution in [0.25, 0.3) is 0 Å². The van der Waals surface area contributed by atoms with Gasteiger partial charge in [0.15, 0.2) is 0 Å². The quantitative estimate of drug-likeness (QED) is 0.689. The van der Waals surface area contributed by atoms with E-state index >= 15 is 0 Å². The van der Waals surface area contributed by atoms with Gasteiger partial charge in [0.2, 0.25) is 0 Å². The number of nitrogens with zero attached hydrogens (tertiary/aromatic N) is 2. The molecule has 0 aromatic carbocycles. The first-order valence-corrected chi connectivity index (χ1v) is 5.94. The van der Waals surface area contributed by atoms with Gasteiger partial charge in [0, 0.05) is 6.20 Å². The third-order valence-electron chi connectivity index (χ3n) is 3.41. The summed E-state index contributed by atoms with van der Waals surface area (Å²) in [6, 6.07) is 0.402. The summed E-state index contributed by atoms with van der Waals surface area (Å²) in [4.78, 5) is 0. The maximum Gasteiger partial charge on any atom is 0.0724 e. The van der Waals surface area contributed by atoms with E-state index in [0.717, 1.165) is 5.92 Å². The topological polar surface area (TPSA) is 17.8 Å². The van der Waals surface area contributed by atoms with E-state index in [-0.39, 0.29) is 0 Å². The van der Waals surface area contributed by atoms with Crippen molar-refractivity contribution in [3.05, 3.63) is 30.6 Å². The van der Waals surface area contributed by atoms with Gasteiger partial charge in [-0.25, -0.2) is 0 Å². The Morgan fingerprint density at radius 3 is 2.73 bits per heavy atom. The van der Waals surface area contributed by atoms with E-state index in [2.05, 4.69) is 35.6 Å². The lowest BCUT2D eigenvalue weighted by molar-refractivity contribution is 0.272. The van der Waals surface area contributed by atoms with Crippen LogP contribution in [0.2, 0.25) is 0 Å². The first-order valence-electron chi connectivity index (χ1n) is 5.94. The summed E-state index contributed by atoms with van der Waals surface area (Å²) in [6.45, 7) is 6.05. The molecule has 2 nitrogen and oxygen atoms in total. The second-order valence-electron chi connectivity index (χ2n) is 4.62. The molecule has 2 heteroatoms. The zero-order chi connectivity index (χ0) is 10.7. The molecule has 0 amide bonds. The van der Waals surface area contributed by atoms with Crippen LogP contribution in [0.4, 0.5) is 0 Å². The molecule has 0 bridgehead atoms. The normalized spacial score (nSPS) is 20.1. The summed E-state index contributed by atoms with van der Waals surface area (Å²) in [7, 11) is 0. The Bertz CT molecular complexity index is 321. The number of hydrogen-bond acceptors (Lipinski definition) is 1. The van der Waals surface area contributed by atoms with Crippen LogP contribution < -0.4 is 0 Å². The van der Waals surface area contributed by atoms with Crippen LogP contribution >= 0.6 is 0 Å². The number of hydrogen-bond donors (Lipinski definition) is 0. The van der Waals surface area contributed by atoms with Crippen LogP contribution in [0.1, 0.15) is 43.7 Å². The molecule has 1 saturated carbocycles. The Balaban J connectivity index is 2.12. The molecule has 1 fully saturated rings. The van der Waals surface area contributed by atoms with Gasteiger partial charge in [0.1, 0.15) is 0 Å². The van der Waals surface area contributed by atoms with Crippen LogP contribution in [-0.4, -0.2) is 9.78 Å². The van der Waals surface area contributed by atoms with Crippen molar-refractivity contribution in [2.24, 2.45) is 5.92 Å². The van der Waals surface area contributed by atoms with E-state index < -0.39 is 0 Å². The number of allylic oxidation sites excluding steroid dienone is 1. The fraction of sp³-hybridized carbons (Fsp3) is 0.615. The van der Waals surface area contributed by atoms with Gasteiger partial charge in [0.05, 0.1) is 12.2 Å². The summed E-state index contributed by atoms with van der Waals surface area (Å²) in [5, 5.41) is 4.41. The molecule has 0 saturated heterocycles. The Labute approximate surface area is 92.0 Å². The minimum Gasteiger partial charge on any atom is -0.265 e.